The fourth-order valence-electron chi connectivity index (χ4n) is 2.10. The molecule has 6 heteroatoms. The number of hydrogen-bond acceptors (Lipinski definition) is 4. The van der Waals surface area contributed by atoms with Gasteiger partial charge in [-0.2, -0.15) is 4.31 Å². The number of benzene rings is 1. The van der Waals surface area contributed by atoms with Gasteiger partial charge in [0.1, 0.15) is 0 Å². The van der Waals surface area contributed by atoms with Gasteiger partial charge in [-0.15, -0.1) is 0 Å². The molecular weight excluding hydrogens is 264 g/mol. The van der Waals surface area contributed by atoms with Crippen molar-refractivity contribution in [2.24, 2.45) is 0 Å². The molecule has 2 rings (SSSR count). The Morgan fingerprint density at radius 2 is 2.00 bits per heavy atom. The highest BCUT2D eigenvalue weighted by Gasteiger charge is 2.28. The Morgan fingerprint density at radius 3 is 2.68 bits per heavy atom. The van der Waals surface area contributed by atoms with Crippen molar-refractivity contribution in [2.75, 3.05) is 18.1 Å². The summed E-state index contributed by atoms with van der Waals surface area (Å²) in [7, 11) is -3.27. The maximum absolute atomic E-state index is 12.2. The van der Waals surface area contributed by atoms with E-state index in [4.69, 9.17) is 10.5 Å². The van der Waals surface area contributed by atoms with Crippen molar-refractivity contribution in [3.63, 3.8) is 0 Å². The maximum atomic E-state index is 12.2. The van der Waals surface area contributed by atoms with Gasteiger partial charge in [0.15, 0.2) is 0 Å². The van der Waals surface area contributed by atoms with Crippen LogP contribution in [0.3, 0.4) is 0 Å². The van der Waals surface area contributed by atoms with E-state index in [9.17, 15) is 8.42 Å². The number of fused-ring (bicyclic) bond motifs is 1. The summed E-state index contributed by atoms with van der Waals surface area (Å²) in [6, 6.07) is 5.54. The number of nitrogens with zero attached hydrogens (tertiary/aromatic N) is 1. The zero-order valence-corrected chi connectivity index (χ0v) is 12.1. The first kappa shape index (κ1) is 14.3. The van der Waals surface area contributed by atoms with Gasteiger partial charge in [0.05, 0.1) is 18.5 Å². The Hall–Kier alpha value is -1.11. The molecule has 2 N–H and O–H groups in total. The van der Waals surface area contributed by atoms with Gasteiger partial charge in [-0.05, 0) is 37.1 Å². The third kappa shape index (κ3) is 3.46. The number of nitrogens with two attached hydrogens (primary N) is 1. The molecule has 1 aliphatic heterocycles. The monoisotopic (exact) mass is 284 g/mol. The zero-order valence-electron chi connectivity index (χ0n) is 11.3. The SMILES string of the molecule is CC(C)OCCS(=O)(=O)N1Cc2ccc(N)cc2C1. The quantitative estimate of drug-likeness (QED) is 0.828. The minimum absolute atomic E-state index is 0.0225. The van der Waals surface area contributed by atoms with E-state index in [2.05, 4.69) is 0 Å². The molecule has 0 saturated carbocycles. The fourth-order valence-corrected chi connectivity index (χ4v) is 3.33. The number of rotatable bonds is 5. The lowest BCUT2D eigenvalue weighted by molar-refractivity contribution is 0.0906. The van der Waals surface area contributed by atoms with Crippen molar-refractivity contribution in [1.82, 2.24) is 4.31 Å². The average molecular weight is 284 g/mol. The van der Waals surface area contributed by atoms with E-state index in [1.807, 2.05) is 26.0 Å². The molecule has 0 aromatic heterocycles. The lowest BCUT2D eigenvalue weighted by Gasteiger charge is -2.16. The minimum atomic E-state index is -3.27. The second-order valence-corrected chi connectivity index (χ2v) is 7.12. The van der Waals surface area contributed by atoms with E-state index in [-0.39, 0.29) is 18.5 Å². The largest absolute Gasteiger partial charge is 0.399 e. The Balaban J connectivity index is 2.01. The summed E-state index contributed by atoms with van der Waals surface area (Å²) >= 11 is 0. The lowest BCUT2D eigenvalue weighted by Crippen LogP contribution is -2.30. The van der Waals surface area contributed by atoms with Crippen molar-refractivity contribution in [3.05, 3.63) is 29.3 Å². The first-order valence-electron chi connectivity index (χ1n) is 6.35. The predicted molar refractivity (Wildman–Crippen MR) is 75.0 cm³/mol. The van der Waals surface area contributed by atoms with Crippen LogP contribution in [0.25, 0.3) is 0 Å². The molecule has 0 radical (unpaired) electrons. The smallest absolute Gasteiger partial charge is 0.216 e. The van der Waals surface area contributed by atoms with Gasteiger partial charge in [-0.25, -0.2) is 8.42 Å². The summed E-state index contributed by atoms with van der Waals surface area (Å²) < 4.78 is 31.2. The Labute approximate surface area is 114 Å². The molecule has 1 aliphatic rings. The maximum Gasteiger partial charge on any atom is 0.216 e. The van der Waals surface area contributed by atoms with Crippen LogP contribution in [0.2, 0.25) is 0 Å². The normalized spacial score (nSPS) is 15.9. The van der Waals surface area contributed by atoms with Crippen molar-refractivity contribution in [1.29, 1.82) is 0 Å². The second kappa shape index (κ2) is 5.48. The van der Waals surface area contributed by atoms with E-state index in [1.165, 1.54) is 4.31 Å². The first-order valence-corrected chi connectivity index (χ1v) is 7.96. The Bertz CT molecular complexity index is 555. The van der Waals surface area contributed by atoms with Crippen LogP contribution in [0.1, 0.15) is 25.0 Å². The molecule has 0 unspecified atom stereocenters. The van der Waals surface area contributed by atoms with E-state index in [0.29, 0.717) is 18.8 Å². The van der Waals surface area contributed by atoms with E-state index >= 15 is 0 Å². The van der Waals surface area contributed by atoms with Gasteiger partial charge in [-0.1, -0.05) is 6.07 Å². The summed E-state index contributed by atoms with van der Waals surface area (Å²) in [5.74, 6) is 0.0225. The molecule has 1 aromatic carbocycles. The van der Waals surface area contributed by atoms with Crippen molar-refractivity contribution in [2.45, 2.75) is 33.0 Å². The molecule has 0 aliphatic carbocycles. The number of sulfonamides is 1. The molecule has 19 heavy (non-hydrogen) atoms. The van der Waals surface area contributed by atoms with E-state index in [0.717, 1.165) is 11.1 Å². The molecule has 1 heterocycles. The molecule has 0 spiro atoms. The van der Waals surface area contributed by atoms with Crippen molar-refractivity contribution < 1.29 is 13.2 Å². The highest BCUT2D eigenvalue weighted by molar-refractivity contribution is 7.89. The van der Waals surface area contributed by atoms with Crippen molar-refractivity contribution >= 4 is 15.7 Å². The molecule has 0 atom stereocenters. The van der Waals surface area contributed by atoms with Gasteiger partial charge >= 0.3 is 0 Å². The van der Waals surface area contributed by atoms with Gasteiger partial charge in [0, 0.05) is 18.8 Å². The van der Waals surface area contributed by atoms with Crippen LogP contribution in [0, 0.1) is 0 Å². The summed E-state index contributed by atoms with van der Waals surface area (Å²) in [5.41, 5.74) is 8.40. The van der Waals surface area contributed by atoms with Gasteiger partial charge in [0.2, 0.25) is 10.0 Å². The van der Waals surface area contributed by atoms with Crippen LogP contribution in [0.5, 0.6) is 0 Å². The summed E-state index contributed by atoms with van der Waals surface area (Å²) in [4.78, 5) is 0. The van der Waals surface area contributed by atoms with E-state index < -0.39 is 10.0 Å². The topological polar surface area (TPSA) is 72.6 Å². The predicted octanol–water partition coefficient (Wildman–Crippen LogP) is 1.34. The number of hydrogen-bond donors (Lipinski definition) is 1. The van der Waals surface area contributed by atoms with Crippen LogP contribution in [-0.4, -0.2) is 31.2 Å². The molecule has 5 nitrogen and oxygen atoms in total. The summed E-state index contributed by atoms with van der Waals surface area (Å²) in [5, 5.41) is 0. The molecule has 0 saturated heterocycles. The number of ether oxygens (including phenoxy) is 1. The minimum Gasteiger partial charge on any atom is -0.399 e. The third-order valence-electron chi connectivity index (χ3n) is 3.11. The molecule has 1 aromatic rings. The highest BCUT2D eigenvalue weighted by atomic mass is 32.2. The fraction of sp³-hybridized carbons (Fsp3) is 0.538. The molecular formula is C13H20N2O3S. The molecule has 0 amide bonds. The number of nitrogen functional groups attached to an aromatic ring is 1. The Morgan fingerprint density at radius 1 is 1.32 bits per heavy atom. The highest BCUT2D eigenvalue weighted by Crippen LogP contribution is 2.26. The van der Waals surface area contributed by atoms with Crippen LogP contribution in [-0.2, 0) is 27.8 Å². The van der Waals surface area contributed by atoms with Crippen LogP contribution in [0.15, 0.2) is 18.2 Å². The van der Waals surface area contributed by atoms with Gasteiger partial charge < -0.3 is 10.5 Å². The van der Waals surface area contributed by atoms with Gasteiger partial charge in [0.25, 0.3) is 0 Å². The molecule has 0 bridgehead atoms. The van der Waals surface area contributed by atoms with Crippen LogP contribution in [0.4, 0.5) is 5.69 Å². The lowest BCUT2D eigenvalue weighted by atomic mass is 10.1. The third-order valence-corrected chi connectivity index (χ3v) is 4.84. The Kier molecular flexibility index (Phi) is 4.13. The van der Waals surface area contributed by atoms with Crippen LogP contribution < -0.4 is 5.73 Å². The summed E-state index contributed by atoms with van der Waals surface area (Å²) in [6.45, 7) is 4.85. The standard InChI is InChI=1S/C13H20N2O3S/c1-10(2)18-5-6-19(16,17)15-8-11-3-4-13(14)7-12(11)9-15/h3-4,7,10H,5-6,8-9,14H2,1-2H3. The second-order valence-electron chi connectivity index (χ2n) is 5.03. The summed E-state index contributed by atoms with van der Waals surface area (Å²) in [6.07, 6.45) is 0.0470. The zero-order chi connectivity index (χ0) is 14.0. The van der Waals surface area contributed by atoms with Crippen LogP contribution >= 0.6 is 0 Å². The number of anilines is 1. The van der Waals surface area contributed by atoms with Crippen molar-refractivity contribution in [3.8, 4) is 0 Å². The van der Waals surface area contributed by atoms with E-state index in [1.54, 1.807) is 6.07 Å². The first-order chi connectivity index (χ1) is 8.88. The molecule has 106 valence electrons. The molecule has 0 fully saturated rings. The van der Waals surface area contributed by atoms with Gasteiger partial charge in [-0.3, -0.25) is 0 Å². The average Bonchev–Trinajstić information content (AvgIpc) is 2.71.